The number of benzene rings is 7. The van der Waals surface area contributed by atoms with Crippen molar-refractivity contribution in [2.75, 3.05) is 19.8 Å². The lowest BCUT2D eigenvalue weighted by molar-refractivity contribution is -0.384. The molecule has 11 nitrogen and oxygen atoms in total. The van der Waals surface area contributed by atoms with Gasteiger partial charge in [-0.25, -0.2) is 0 Å². The average molecular weight is 1020 g/mol. The van der Waals surface area contributed by atoms with Crippen LogP contribution in [0.15, 0.2) is 225 Å². The van der Waals surface area contributed by atoms with E-state index < -0.39 is 101 Å². The number of rotatable bonds is 28. The highest BCUT2D eigenvalue weighted by atomic mass is 16.8. The quantitative estimate of drug-likeness (QED) is 0.0438. The zero-order valence-electron chi connectivity index (χ0n) is 47.5. The lowest BCUT2D eigenvalue weighted by Gasteiger charge is -2.50. The summed E-state index contributed by atoms with van der Waals surface area (Å²) in [5, 5.41) is 0. The minimum Gasteiger partial charge on any atom is -0.374 e. The van der Waals surface area contributed by atoms with E-state index in [1.165, 1.54) is 0 Å². The van der Waals surface area contributed by atoms with Crippen molar-refractivity contribution in [2.45, 2.75) is 108 Å². The molecule has 2 fully saturated rings. The second kappa shape index (κ2) is 29.2. The predicted octanol–water partition coefficient (Wildman–Crippen LogP) is 11.4. The molecule has 0 radical (unpaired) electrons. The van der Waals surface area contributed by atoms with Crippen LogP contribution in [-0.4, -0.2) is 81.2 Å². The molecule has 7 aromatic rings. The summed E-state index contributed by atoms with van der Waals surface area (Å²) in [5.74, 6) is 0. The van der Waals surface area contributed by atoms with E-state index in [0.29, 0.717) is 33.4 Å². The van der Waals surface area contributed by atoms with Crippen molar-refractivity contribution in [1.82, 2.24) is 0 Å². The maximum absolute atomic E-state index is 9.64. The first-order valence-electron chi connectivity index (χ1n) is 28.6. The normalized spacial score (nSPS) is 27.3. The van der Waals surface area contributed by atoms with Crippen LogP contribution in [0, 0.1) is 0 Å². The Bertz CT molecular complexity index is 2880. The van der Waals surface area contributed by atoms with Crippen LogP contribution < -0.4 is 0 Å². The van der Waals surface area contributed by atoms with Crippen LogP contribution in [-0.2, 0) is 98.2 Å². The third kappa shape index (κ3) is 16.2. The molecule has 0 spiro atoms. The first kappa shape index (κ1) is 46.2. The molecule has 2 heterocycles. The Morgan fingerprint density at radius 1 is 0.347 bits per heavy atom. The van der Waals surface area contributed by atoms with Gasteiger partial charge in [0.2, 0.25) is 0 Å². The molecule has 7 aromatic carbocycles. The molecule has 8 unspecified atom stereocenters. The molecule has 0 amide bonds. The topological polar surface area (TPSA) is 102 Å². The van der Waals surface area contributed by atoms with Gasteiger partial charge in [-0.1, -0.05) is 218 Å². The first-order valence-corrected chi connectivity index (χ1v) is 25.2. The van der Waals surface area contributed by atoms with E-state index in [4.69, 9.17) is 54.8 Å². The summed E-state index contributed by atoms with van der Waals surface area (Å²) in [6.45, 7) is -4.34. The maximum Gasteiger partial charge on any atom is 0.187 e. The molecule has 0 bridgehead atoms. The Balaban J connectivity index is 1.17. The number of hydrogen-bond acceptors (Lipinski definition) is 11. The second-order valence-electron chi connectivity index (χ2n) is 17.8. The van der Waals surface area contributed by atoms with Gasteiger partial charge >= 0.3 is 0 Å². The molecule has 390 valence electrons. The SMILES string of the molecule is [2H]C(OC[C@H]1OC(O[C@@H]2C(OCc3ccccc3)O[C@H](COC([2H])c3ccccc3)[C@@H](OC([2H])c3ccccc3)[C@@H]2OC([2H])c2ccccc2)[C@@H](OC([2H])c2ccccc2)[C@@H](OCC=C)[C@@H]1OC([2H])c1ccccc1)c1ccccc1. The molecule has 2 aliphatic rings. The standard InChI is InChI=1S/C64H68O11/c1-2-38-67-59-57(68-41-50-28-14-5-15-29-50)56(47-66-40-49-26-12-4-13-27-49)74-64(61(59)71-44-53-34-20-8-21-35-53)75-62-60(70-43-52-32-18-7-19-33-52)58(69-42-51-30-16-6-17-31-51)55(46-65-39-48-24-10-3-11-25-48)73-63(62)72-45-54-36-22-9-23-37-54/h2-37,55-64H,1,38-47H2/t55-,56-,57-,58-,59+,60+,61+,62+,63?,64?/m1/s1/i39D,40D,41D,42D,43D,44D/t39?,40?,41?,42?,43?,44?,55-,56-,57-,58-,59+,60+,61+,62+,63?,64?. The van der Waals surface area contributed by atoms with Crippen molar-refractivity contribution in [3.8, 4) is 0 Å². The molecule has 0 aliphatic carbocycles. The van der Waals surface area contributed by atoms with Gasteiger partial charge in [0.25, 0.3) is 0 Å². The highest BCUT2D eigenvalue weighted by Crippen LogP contribution is 2.37. The zero-order chi connectivity index (χ0) is 56.3. The van der Waals surface area contributed by atoms with E-state index in [1.54, 1.807) is 127 Å². The summed E-state index contributed by atoms with van der Waals surface area (Å²) in [4.78, 5) is 0. The maximum atomic E-state index is 9.64. The summed E-state index contributed by atoms with van der Waals surface area (Å²) in [7, 11) is 0. The minimum atomic E-state index is -1.56. The fourth-order valence-corrected chi connectivity index (χ4v) is 8.61. The fourth-order valence-electron chi connectivity index (χ4n) is 8.61. The highest BCUT2D eigenvalue weighted by molar-refractivity contribution is 5.19. The monoisotopic (exact) mass is 1020 g/mol. The van der Waals surface area contributed by atoms with Gasteiger partial charge in [0, 0.05) is 0 Å². The molecule has 0 N–H and O–H groups in total. The average Bonchev–Trinajstić information content (AvgIpc) is 3.71. The Morgan fingerprint density at radius 2 is 0.667 bits per heavy atom. The van der Waals surface area contributed by atoms with E-state index >= 15 is 0 Å². The van der Waals surface area contributed by atoms with Crippen molar-refractivity contribution < 1.29 is 60.3 Å². The smallest absolute Gasteiger partial charge is 0.187 e. The Morgan fingerprint density at radius 3 is 1.05 bits per heavy atom. The number of hydrogen-bond donors (Lipinski definition) is 0. The van der Waals surface area contributed by atoms with Crippen molar-refractivity contribution in [2.24, 2.45) is 0 Å². The van der Waals surface area contributed by atoms with Gasteiger partial charge in [-0.2, -0.15) is 0 Å². The van der Waals surface area contributed by atoms with Crippen molar-refractivity contribution in [3.63, 3.8) is 0 Å². The Labute approximate surface area is 450 Å². The molecule has 2 aliphatic heterocycles. The summed E-state index contributed by atoms with van der Waals surface area (Å²) in [6.07, 6.45) is -11.5. The van der Waals surface area contributed by atoms with Crippen LogP contribution in [0.4, 0.5) is 0 Å². The van der Waals surface area contributed by atoms with E-state index in [2.05, 4.69) is 6.58 Å². The van der Waals surface area contributed by atoms with E-state index in [0.717, 1.165) is 5.56 Å². The highest BCUT2D eigenvalue weighted by Gasteiger charge is 2.55. The van der Waals surface area contributed by atoms with Crippen molar-refractivity contribution in [3.05, 3.63) is 264 Å². The summed E-state index contributed by atoms with van der Waals surface area (Å²) < 4.78 is 131. The lowest BCUT2D eigenvalue weighted by atomic mass is 9.96. The van der Waals surface area contributed by atoms with Crippen LogP contribution in [0.3, 0.4) is 0 Å². The van der Waals surface area contributed by atoms with E-state index in [-0.39, 0.29) is 26.4 Å². The molecule has 9 rings (SSSR count). The molecule has 75 heavy (non-hydrogen) atoms. The fraction of sp³-hybridized carbons (Fsp3) is 0.312. The molecular weight excluding hydrogens is 945 g/mol. The first-order chi connectivity index (χ1) is 39.6. The van der Waals surface area contributed by atoms with Crippen molar-refractivity contribution in [1.29, 1.82) is 0 Å². The van der Waals surface area contributed by atoms with E-state index in [1.807, 2.05) is 91.0 Å². The van der Waals surface area contributed by atoms with Crippen LogP contribution in [0.1, 0.15) is 47.2 Å². The van der Waals surface area contributed by atoms with Gasteiger partial charge < -0.3 is 52.1 Å². The lowest BCUT2D eigenvalue weighted by Crippen LogP contribution is -2.66. The second-order valence-corrected chi connectivity index (χ2v) is 17.8. The molecule has 0 saturated carbocycles. The van der Waals surface area contributed by atoms with Crippen molar-refractivity contribution >= 4 is 0 Å². The minimum absolute atomic E-state index is 0.00318. The molecule has 16 atom stereocenters. The zero-order valence-corrected chi connectivity index (χ0v) is 41.5. The summed E-state index contributed by atoms with van der Waals surface area (Å²) in [6, 6.07) is 63.4. The van der Waals surface area contributed by atoms with Gasteiger partial charge in [-0.05, 0) is 38.9 Å². The van der Waals surface area contributed by atoms with Gasteiger partial charge in [0.1, 0.15) is 48.8 Å². The van der Waals surface area contributed by atoms with E-state index in [9.17, 15) is 5.48 Å². The number of ether oxygens (including phenoxy) is 11. The van der Waals surface area contributed by atoms with Gasteiger partial charge in [-0.15, -0.1) is 6.58 Å². The molecule has 2 saturated heterocycles. The van der Waals surface area contributed by atoms with Gasteiger partial charge in [0.05, 0.1) is 74.1 Å². The van der Waals surface area contributed by atoms with Crippen LogP contribution in [0.25, 0.3) is 0 Å². The molecular formula is C64H68O11. The summed E-state index contributed by atoms with van der Waals surface area (Å²) >= 11 is 0. The van der Waals surface area contributed by atoms with Gasteiger partial charge in [0.15, 0.2) is 12.6 Å². The third-order valence-corrected chi connectivity index (χ3v) is 12.3. The Hall–Kier alpha value is -6.16. The summed E-state index contributed by atoms with van der Waals surface area (Å²) in [5.41, 5.74) is 4.00. The molecule has 11 heteroatoms. The molecule has 0 aromatic heterocycles. The Kier molecular flexibility index (Phi) is 18.0. The third-order valence-electron chi connectivity index (χ3n) is 12.3. The van der Waals surface area contributed by atoms with Gasteiger partial charge in [-0.3, -0.25) is 0 Å². The predicted molar refractivity (Wildman–Crippen MR) is 286 cm³/mol. The van der Waals surface area contributed by atoms with Crippen LogP contribution in [0.5, 0.6) is 0 Å². The van der Waals surface area contributed by atoms with Crippen LogP contribution in [0.2, 0.25) is 0 Å². The van der Waals surface area contributed by atoms with Crippen LogP contribution >= 0.6 is 0 Å². The largest absolute Gasteiger partial charge is 0.374 e.